The topological polar surface area (TPSA) is 84.3 Å². The van der Waals surface area contributed by atoms with E-state index in [0.717, 1.165) is 11.8 Å². The van der Waals surface area contributed by atoms with Crippen LogP contribution in [0.15, 0.2) is 24.3 Å². The van der Waals surface area contributed by atoms with Crippen molar-refractivity contribution in [3.8, 4) is 0 Å². The monoisotopic (exact) mass is 221 g/mol. The van der Waals surface area contributed by atoms with Crippen LogP contribution in [0.3, 0.4) is 0 Å². The summed E-state index contributed by atoms with van der Waals surface area (Å²) in [5.41, 5.74) is 6.59. The third-order valence-corrected chi connectivity index (χ3v) is 2.64. The summed E-state index contributed by atoms with van der Waals surface area (Å²) in [7, 11) is 0. The maximum Gasteiger partial charge on any atom is 0.269 e. The van der Waals surface area contributed by atoms with Crippen molar-refractivity contribution in [1.82, 2.24) is 10.9 Å². The van der Waals surface area contributed by atoms with E-state index in [1.807, 2.05) is 0 Å². The van der Waals surface area contributed by atoms with Crippen molar-refractivity contribution < 1.29 is 9.72 Å². The van der Waals surface area contributed by atoms with Gasteiger partial charge in [-0.05, 0) is 5.56 Å². The highest BCUT2D eigenvalue weighted by Crippen LogP contribution is 2.25. The van der Waals surface area contributed by atoms with E-state index >= 15 is 0 Å². The predicted octanol–water partition coefficient (Wildman–Crippen LogP) is 0.559. The summed E-state index contributed by atoms with van der Waals surface area (Å²) in [5, 5.41) is 10.6. The summed E-state index contributed by atoms with van der Waals surface area (Å²) < 4.78 is 0. The normalized spacial score (nSPS) is 24.2. The molecule has 1 aliphatic heterocycles. The SMILES string of the molecule is O=CC1CNNC1c1cccc([N+](=O)[O-])c1. The fourth-order valence-electron chi connectivity index (χ4n) is 1.80. The second-order valence-electron chi connectivity index (χ2n) is 3.65. The van der Waals surface area contributed by atoms with Gasteiger partial charge in [0.1, 0.15) is 6.29 Å². The maximum atomic E-state index is 10.8. The number of non-ortho nitro benzene ring substituents is 1. The molecule has 0 spiro atoms. The number of nitro groups is 1. The van der Waals surface area contributed by atoms with Crippen molar-refractivity contribution in [3.05, 3.63) is 39.9 Å². The Bertz CT molecular complexity index is 422. The molecule has 2 N–H and O–H groups in total. The molecule has 2 atom stereocenters. The van der Waals surface area contributed by atoms with Crippen LogP contribution in [0.25, 0.3) is 0 Å². The lowest BCUT2D eigenvalue weighted by molar-refractivity contribution is -0.384. The lowest BCUT2D eigenvalue weighted by Gasteiger charge is -2.13. The first-order valence-corrected chi connectivity index (χ1v) is 4.90. The molecule has 1 fully saturated rings. The van der Waals surface area contributed by atoms with Crippen LogP contribution in [0, 0.1) is 16.0 Å². The smallest absolute Gasteiger partial charge is 0.269 e. The van der Waals surface area contributed by atoms with Crippen LogP contribution in [-0.4, -0.2) is 17.8 Å². The summed E-state index contributed by atoms with van der Waals surface area (Å²) in [6, 6.07) is 6.12. The molecule has 0 saturated carbocycles. The van der Waals surface area contributed by atoms with E-state index in [0.29, 0.717) is 6.54 Å². The average Bonchev–Trinajstić information content (AvgIpc) is 2.77. The average molecular weight is 221 g/mol. The van der Waals surface area contributed by atoms with E-state index < -0.39 is 4.92 Å². The zero-order valence-corrected chi connectivity index (χ0v) is 8.42. The first-order chi connectivity index (χ1) is 7.72. The van der Waals surface area contributed by atoms with E-state index in [9.17, 15) is 14.9 Å². The van der Waals surface area contributed by atoms with Gasteiger partial charge in [-0.1, -0.05) is 12.1 Å². The lowest BCUT2D eigenvalue weighted by Crippen LogP contribution is -2.25. The van der Waals surface area contributed by atoms with E-state index in [4.69, 9.17) is 0 Å². The Morgan fingerprint density at radius 3 is 3.00 bits per heavy atom. The highest BCUT2D eigenvalue weighted by molar-refractivity contribution is 5.57. The number of nitrogens with one attached hydrogen (secondary N) is 2. The molecule has 0 radical (unpaired) electrons. The second kappa shape index (κ2) is 4.38. The number of carbonyl (C=O) groups is 1. The molecular weight excluding hydrogens is 210 g/mol. The first kappa shape index (κ1) is 10.7. The molecule has 1 aliphatic rings. The summed E-state index contributed by atoms with van der Waals surface area (Å²) in [6.45, 7) is 0.539. The molecule has 2 rings (SSSR count). The third kappa shape index (κ3) is 1.93. The van der Waals surface area contributed by atoms with Crippen molar-refractivity contribution in [1.29, 1.82) is 0 Å². The van der Waals surface area contributed by atoms with Gasteiger partial charge in [-0.15, -0.1) is 0 Å². The highest BCUT2D eigenvalue weighted by atomic mass is 16.6. The quantitative estimate of drug-likeness (QED) is 0.442. The number of hydrazine groups is 1. The Kier molecular flexibility index (Phi) is 2.93. The van der Waals surface area contributed by atoms with Crippen molar-refractivity contribution in [2.45, 2.75) is 6.04 Å². The fourth-order valence-corrected chi connectivity index (χ4v) is 1.80. The number of aldehydes is 1. The number of hydrogen-bond donors (Lipinski definition) is 2. The van der Waals surface area contributed by atoms with Gasteiger partial charge >= 0.3 is 0 Å². The Hall–Kier alpha value is -1.79. The van der Waals surface area contributed by atoms with Gasteiger partial charge in [-0.2, -0.15) is 0 Å². The van der Waals surface area contributed by atoms with Crippen LogP contribution in [-0.2, 0) is 4.79 Å². The van der Waals surface area contributed by atoms with Gasteiger partial charge in [0.15, 0.2) is 0 Å². The zero-order chi connectivity index (χ0) is 11.5. The van der Waals surface area contributed by atoms with Crippen molar-refractivity contribution in [3.63, 3.8) is 0 Å². The van der Waals surface area contributed by atoms with Gasteiger partial charge in [0.25, 0.3) is 5.69 Å². The number of carbonyl (C=O) groups excluding carboxylic acids is 1. The van der Waals surface area contributed by atoms with Gasteiger partial charge in [0.2, 0.25) is 0 Å². The fraction of sp³-hybridized carbons (Fsp3) is 0.300. The van der Waals surface area contributed by atoms with E-state index in [1.165, 1.54) is 12.1 Å². The summed E-state index contributed by atoms with van der Waals surface area (Å²) in [4.78, 5) is 21.0. The van der Waals surface area contributed by atoms with Crippen LogP contribution in [0.2, 0.25) is 0 Å². The second-order valence-corrected chi connectivity index (χ2v) is 3.65. The number of nitrogens with zero attached hydrogens (tertiary/aromatic N) is 1. The molecular formula is C10H11N3O3. The van der Waals surface area contributed by atoms with Crippen LogP contribution in [0.4, 0.5) is 5.69 Å². The van der Waals surface area contributed by atoms with Crippen LogP contribution >= 0.6 is 0 Å². The Labute approximate surface area is 91.8 Å². The molecule has 6 heteroatoms. The molecule has 16 heavy (non-hydrogen) atoms. The molecule has 1 aromatic carbocycles. The minimum atomic E-state index is -0.443. The number of hydrogen-bond acceptors (Lipinski definition) is 5. The molecule has 1 heterocycles. The van der Waals surface area contributed by atoms with E-state index in [2.05, 4.69) is 10.9 Å². The standard InChI is InChI=1S/C10H11N3O3/c14-6-8-5-11-12-10(8)7-2-1-3-9(4-7)13(15)16/h1-4,6,8,10-12H,5H2. The molecule has 1 aromatic rings. The predicted molar refractivity (Wildman–Crippen MR) is 56.5 cm³/mol. The number of nitro benzene ring substituents is 1. The van der Waals surface area contributed by atoms with Crippen molar-refractivity contribution in [2.75, 3.05) is 6.54 Å². The minimum absolute atomic E-state index is 0.0378. The minimum Gasteiger partial charge on any atom is -0.303 e. The van der Waals surface area contributed by atoms with Gasteiger partial charge in [-0.25, -0.2) is 5.43 Å². The molecule has 6 nitrogen and oxygen atoms in total. The summed E-state index contributed by atoms with van der Waals surface area (Å²) >= 11 is 0. The Balaban J connectivity index is 2.29. The van der Waals surface area contributed by atoms with Gasteiger partial charge in [0.05, 0.1) is 11.0 Å². The lowest BCUT2D eigenvalue weighted by atomic mass is 9.96. The summed E-state index contributed by atoms with van der Waals surface area (Å²) in [6.07, 6.45) is 0.858. The van der Waals surface area contributed by atoms with Crippen LogP contribution in [0.1, 0.15) is 11.6 Å². The van der Waals surface area contributed by atoms with Crippen molar-refractivity contribution >= 4 is 12.0 Å². The largest absolute Gasteiger partial charge is 0.303 e. The Morgan fingerprint density at radius 1 is 1.50 bits per heavy atom. The summed E-state index contributed by atoms with van der Waals surface area (Å²) in [5.74, 6) is -0.193. The molecule has 0 amide bonds. The van der Waals surface area contributed by atoms with Gasteiger partial charge in [-0.3, -0.25) is 15.5 Å². The highest BCUT2D eigenvalue weighted by Gasteiger charge is 2.28. The van der Waals surface area contributed by atoms with Crippen LogP contribution < -0.4 is 10.9 Å². The van der Waals surface area contributed by atoms with Gasteiger partial charge < -0.3 is 4.79 Å². The molecule has 84 valence electrons. The molecule has 0 aromatic heterocycles. The van der Waals surface area contributed by atoms with E-state index in [-0.39, 0.29) is 17.6 Å². The van der Waals surface area contributed by atoms with Gasteiger partial charge in [0, 0.05) is 24.6 Å². The molecule has 1 saturated heterocycles. The number of benzene rings is 1. The Morgan fingerprint density at radius 2 is 2.31 bits per heavy atom. The van der Waals surface area contributed by atoms with Crippen molar-refractivity contribution in [2.24, 2.45) is 5.92 Å². The van der Waals surface area contributed by atoms with Crippen LogP contribution in [0.5, 0.6) is 0 Å². The zero-order valence-electron chi connectivity index (χ0n) is 8.42. The molecule has 2 unspecified atom stereocenters. The molecule has 0 bridgehead atoms. The molecule has 0 aliphatic carbocycles. The first-order valence-electron chi connectivity index (χ1n) is 4.90. The van der Waals surface area contributed by atoms with E-state index in [1.54, 1.807) is 12.1 Å². The number of rotatable bonds is 3. The third-order valence-electron chi connectivity index (χ3n) is 2.64. The maximum absolute atomic E-state index is 10.8.